The van der Waals surface area contributed by atoms with Crippen molar-refractivity contribution < 1.29 is 9.53 Å². The van der Waals surface area contributed by atoms with E-state index in [2.05, 4.69) is 17.4 Å². The van der Waals surface area contributed by atoms with Crippen molar-refractivity contribution in [3.63, 3.8) is 0 Å². The van der Waals surface area contributed by atoms with E-state index in [1.54, 1.807) is 4.90 Å². The first-order valence-corrected chi connectivity index (χ1v) is 7.18. The van der Waals surface area contributed by atoms with Crippen molar-refractivity contribution in [3.05, 3.63) is 28.8 Å². The molecule has 0 radical (unpaired) electrons. The second-order valence-electron chi connectivity index (χ2n) is 4.94. The lowest BCUT2D eigenvalue weighted by Gasteiger charge is -2.20. The van der Waals surface area contributed by atoms with Crippen LogP contribution in [0.5, 0.6) is 5.75 Å². The van der Waals surface area contributed by atoms with Gasteiger partial charge in [0.15, 0.2) is 6.61 Å². The number of rotatable bonds is 7. The van der Waals surface area contributed by atoms with Crippen molar-refractivity contribution in [1.29, 1.82) is 0 Å². The molecule has 1 N–H and O–H groups in total. The van der Waals surface area contributed by atoms with Crippen molar-refractivity contribution in [2.24, 2.45) is 0 Å². The molecule has 0 saturated heterocycles. The van der Waals surface area contributed by atoms with Crippen LogP contribution in [0.1, 0.15) is 30.5 Å². The number of aryl methyl sites for hydroxylation is 2. The van der Waals surface area contributed by atoms with E-state index in [0.29, 0.717) is 0 Å². The molecular weight excluding hydrogens is 252 g/mol. The number of nitrogens with one attached hydrogen (secondary N) is 1. The first kappa shape index (κ1) is 16.5. The zero-order valence-electron chi connectivity index (χ0n) is 13.2. The molecule has 0 aliphatic carbocycles. The average molecular weight is 278 g/mol. The summed E-state index contributed by atoms with van der Waals surface area (Å²) in [5, 5.41) is 3.14. The maximum absolute atomic E-state index is 12.0. The Hall–Kier alpha value is -1.55. The van der Waals surface area contributed by atoms with Crippen molar-refractivity contribution in [3.8, 4) is 5.75 Å². The minimum absolute atomic E-state index is 0.0353. The summed E-state index contributed by atoms with van der Waals surface area (Å²) in [6, 6.07) is 4.20. The van der Waals surface area contributed by atoms with E-state index in [4.69, 9.17) is 4.74 Å². The van der Waals surface area contributed by atoms with Crippen LogP contribution in [0.15, 0.2) is 12.1 Å². The van der Waals surface area contributed by atoms with Gasteiger partial charge >= 0.3 is 0 Å². The third kappa shape index (κ3) is 4.23. The predicted octanol–water partition coefficient (Wildman–Crippen LogP) is 2.27. The van der Waals surface area contributed by atoms with Crippen LogP contribution in [0.3, 0.4) is 0 Å². The molecule has 1 rings (SSSR count). The first-order chi connectivity index (χ1) is 9.53. The number of benzene rings is 1. The fraction of sp³-hybridized carbons (Fsp3) is 0.562. The Bertz CT molecular complexity index is 431. The minimum atomic E-state index is 0.0353. The van der Waals surface area contributed by atoms with E-state index >= 15 is 0 Å². The fourth-order valence-electron chi connectivity index (χ4n) is 2.38. The number of hydrogen-bond acceptors (Lipinski definition) is 3. The maximum Gasteiger partial charge on any atom is 0.260 e. The normalized spacial score (nSPS) is 10.4. The summed E-state index contributed by atoms with van der Waals surface area (Å²) < 4.78 is 5.74. The molecule has 0 aliphatic heterocycles. The van der Waals surface area contributed by atoms with Crippen molar-refractivity contribution >= 4 is 5.91 Å². The highest BCUT2D eigenvalue weighted by Gasteiger charge is 2.12. The molecular formula is C16H26N2O2. The third-order valence-corrected chi connectivity index (χ3v) is 3.36. The van der Waals surface area contributed by atoms with Gasteiger partial charge in [0.2, 0.25) is 0 Å². The Labute approximate surface area is 122 Å². The summed E-state index contributed by atoms with van der Waals surface area (Å²) in [5.41, 5.74) is 3.37. The number of nitrogens with zero attached hydrogens (tertiary/aromatic N) is 1. The van der Waals surface area contributed by atoms with Crippen LogP contribution in [0, 0.1) is 13.8 Å². The molecule has 0 fully saturated rings. The molecule has 1 aromatic rings. The molecule has 0 spiro atoms. The molecule has 0 heterocycles. The Morgan fingerprint density at radius 2 is 1.75 bits per heavy atom. The van der Waals surface area contributed by atoms with Crippen LogP contribution in [0.4, 0.5) is 0 Å². The van der Waals surface area contributed by atoms with Gasteiger partial charge in [-0.3, -0.25) is 4.79 Å². The van der Waals surface area contributed by atoms with Crippen molar-refractivity contribution in [1.82, 2.24) is 10.2 Å². The second-order valence-corrected chi connectivity index (χ2v) is 4.94. The zero-order chi connectivity index (χ0) is 15.1. The van der Waals surface area contributed by atoms with E-state index in [-0.39, 0.29) is 12.5 Å². The van der Waals surface area contributed by atoms with E-state index in [9.17, 15) is 4.79 Å². The average Bonchev–Trinajstić information content (AvgIpc) is 2.39. The van der Waals surface area contributed by atoms with Crippen LogP contribution in [-0.4, -0.2) is 37.6 Å². The van der Waals surface area contributed by atoms with Crippen molar-refractivity contribution in [2.45, 2.75) is 34.2 Å². The number of likely N-dealkylation sites (N-methyl/N-ethyl adjacent to an activating group) is 1. The van der Waals surface area contributed by atoms with Gasteiger partial charge in [0.25, 0.3) is 5.91 Å². The van der Waals surface area contributed by atoms with Gasteiger partial charge in [-0.05, 0) is 51.4 Å². The summed E-state index contributed by atoms with van der Waals surface area (Å²) >= 11 is 0. The van der Waals surface area contributed by atoms with E-state index in [1.807, 2.05) is 34.7 Å². The molecule has 4 heteroatoms. The number of ether oxygens (including phenoxy) is 1. The standard InChI is InChI=1S/C16H26N2O2/c1-6-18(7-2)15(19)11-20-16-12(3)8-14(10-17-5)9-13(16)4/h8-9,17H,6-7,10-11H2,1-5H3. The van der Waals surface area contributed by atoms with Gasteiger partial charge in [-0.15, -0.1) is 0 Å². The smallest absolute Gasteiger partial charge is 0.260 e. The van der Waals surface area contributed by atoms with Gasteiger partial charge in [0, 0.05) is 19.6 Å². The van der Waals surface area contributed by atoms with Gasteiger partial charge in [-0.1, -0.05) is 12.1 Å². The van der Waals surface area contributed by atoms with Gasteiger partial charge < -0.3 is 15.0 Å². The molecule has 1 amide bonds. The minimum Gasteiger partial charge on any atom is -0.483 e. The number of carbonyl (C=O) groups excluding carboxylic acids is 1. The summed E-state index contributed by atoms with van der Waals surface area (Å²) in [4.78, 5) is 13.7. The first-order valence-electron chi connectivity index (χ1n) is 7.18. The summed E-state index contributed by atoms with van der Waals surface area (Å²) in [6.45, 7) is 10.4. The van der Waals surface area contributed by atoms with Crippen molar-refractivity contribution in [2.75, 3.05) is 26.7 Å². The zero-order valence-corrected chi connectivity index (χ0v) is 13.2. The lowest BCUT2D eigenvalue weighted by Crippen LogP contribution is -2.34. The molecule has 20 heavy (non-hydrogen) atoms. The van der Waals surface area contributed by atoms with Gasteiger partial charge in [-0.25, -0.2) is 0 Å². The fourth-order valence-corrected chi connectivity index (χ4v) is 2.38. The van der Waals surface area contributed by atoms with Crippen LogP contribution in [0.25, 0.3) is 0 Å². The maximum atomic E-state index is 12.0. The van der Waals surface area contributed by atoms with E-state index in [0.717, 1.165) is 36.5 Å². The highest BCUT2D eigenvalue weighted by molar-refractivity contribution is 5.77. The summed E-state index contributed by atoms with van der Waals surface area (Å²) in [5.74, 6) is 0.860. The van der Waals surface area contributed by atoms with Crippen LogP contribution < -0.4 is 10.1 Å². The molecule has 0 saturated carbocycles. The molecule has 4 nitrogen and oxygen atoms in total. The molecule has 112 valence electrons. The lowest BCUT2D eigenvalue weighted by atomic mass is 10.1. The lowest BCUT2D eigenvalue weighted by molar-refractivity contribution is -0.132. The van der Waals surface area contributed by atoms with Crippen LogP contribution in [-0.2, 0) is 11.3 Å². The molecule has 0 atom stereocenters. The quantitative estimate of drug-likeness (QED) is 0.832. The third-order valence-electron chi connectivity index (χ3n) is 3.36. The Morgan fingerprint density at radius 3 is 2.20 bits per heavy atom. The predicted molar refractivity (Wildman–Crippen MR) is 82.1 cm³/mol. The molecule has 0 bridgehead atoms. The SMILES string of the molecule is CCN(CC)C(=O)COc1c(C)cc(CNC)cc1C. The highest BCUT2D eigenvalue weighted by atomic mass is 16.5. The van der Waals surface area contributed by atoms with E-state index < -0.39 is 0 Å². The Balaban J connectivity index is 2.76. The molecule has 0 aliphatic rings. The highest BCUT2D eigenvalue weighted by Crippen LogP contribution is 2.24. The number of amides is 1. The second kappa shape index (κ2) is 7.90. The van der Waals surface area contributed by atoms with Gasteiger partial charge in [-0.2, -0.15) is 0 Å². The largest absolute Gasteiger partial charge is 0.483 e. The molecule has 0 unspecified atom stereocenters. The topological polar surface area (TPSA) is 41.6 Å². The molecule has 0 aromatic heterocycles. The number of carbonyl (C=O) groups is 1. The molecule has 1 aromatic carbocycles. The van der Waals surface area contributed by atoms with Crippen LogP contribution >= 0.6 is 0 Å². The van der Waals surface area contributed by atoms with Crippen LogP contribution in [0.2, 0.25) is 0 Å². The number of hydrogen-bond donors (Lipinski definition) is 1. The summed E-state index contributed by atoms with van der Waals surface area (Å²) in [6.07, 6.45) is 0. The summed E-state index contributed by atoms with van der Waals surface area (Å²) in [7, 11) is 1.93. The Kier molecular flexibility index (Phi) is 6.52. The van der Waals surface area contributed by atoms with Gasteiger partial charge in [0.1, 0.15) is 5.75 Å². The van der Waals surface area contributed by atoms with E-state index in [1.165, 1.54) is 5.56 Å². The van der Waals surface area contributed by atoms with Gasteiger partial charge in [0.05, 0.1) is 0 Å². The monoisotopic (exact) mass is 278 g/mol. The Morgan fingerprint density at radius 1 is 1.20 bits per heavy atom.